The molecule has 0 saturated carbocycles. The van der Waals surface area contributed by atoms with Crippen LogP contribution in [0.2, 0.25) is 0 Å². The summed E-state index contributed by atoms with van der Waals surface area (Å²) in [5.74, 6) is -0.480. The molecule has 4 aromatic rings. The summed E-state index contributed by atoms with van der Waals surface area (Å²) >= 11 is 5.72. The van der Waals surface area contributed by atoms with Gasteiger partial charge in [-0.25, -0.2) is 4.39 Å². The smallest absolute Gasteiger partial charge is 0.244 e. The van der Waals surface area contributed by atoms with Crippen molar-refractivity contribution in [1.82, 2.24) is 19.8 Å². The Morgan fingerprint density at radius 2 is 1.78 bits per heavy atom. The molecule has 1 aliphatic heterocycles. The largest absolute Gasteiger partial charge is 0.352 e. The molecule has 0 unspecified atom stereocenters. The lowest BCUT2D eigenvalue weighted by atomic mass is 9.96. The zero-order chi connectivity index (χ0) is 25.2. The number of hydrogen-bond acceptors (Lipinski definition) is 3. The van der Waals surface area contributed by atoms with Gasteiger partial charge in [0.25, 0.3) is 0 Å². The maximum Gasteiger partial charge on any atom is 0.244 e. The number of nitrogens with one attached hydrogen (secondary N) is 2. The predicted octanol–water partition coefficient (Wildman–Crippen LogP) is 5.24. The van der Waals surface area contributed by atoms with Gasteiger partial charge in [-0.1, -0.05) is 36.4 Å². The fourth-order valence-electron chi connectivity index (χ4n) is 4.88. The minimum atomic E-state index is -0.319. The normalized spacial score (nSPS) is 17.2. The molecule has 2 aromatic carbocycles. The number of anilines is 1. The fraction of sp³-hybridized carbons (Fsp3) is 0.179. The van der Waals surface area contributed by atoms with Crippen LogP contribution in [0, 0.1) is 19.7 Å². The molecular weight excluding hydrogens is 473 g/mol. The van der Waals surface area contributed by atoms with E-state index in [0.717, 1.165) is 28.3 Å². The molecule has 0 aliphatic carbocycles. The molecule has 0 radical (unpaired) electrons. The number of carbonyl (C=O) groups is 1. The van der Waals surface area contributed by atoms with Gasteiger partial charge in [0.2, 0.25) is 5.91 Å². The maximum absolute atomic E-state index is 14.8. The van der Waals surface area contributed by atoms with Crippen molar-refractivity contribution in [2.24, 2.45) is 0 Å². The van der Waals surface area contributed by atoms with Crippen molar-refractivity contribution in [1.29, 1.82) is 0 Å². The van der Waals surface area contributed by atoms with Crippen LogP contribution in [0.5, 0.6) is 0 Å². The minimum Gasteiger partial charge on any atom is -0.352 e. The van der Waals surface area contributed by atoms with Crippen LogP contribution < -0.4 is 10.6 Å². The van der Waals surface area contributed by atoms with E-state index >= 15 is 0 Å². The summed E-state index contributed by atoms with van der Waals surface area (Å²) in [5.41, 5.74) is 4.73. The highest BCUT2D eigenvalue weighted by Gasteiger charge is 2.42. The summed E-state index contributed by atoms with van der Waals surface area (Å²) in [5, 5.41) is 6.79. The van der Waals surface area contributed by atoms with E-state index in [2.05, 4.69) is 15.6 Å². The molecule has 1 fully saturated rings. The number of thiocarbonyl (C=S) groups is 1. The van der Waals surface area contributed by atoms with E-state index < -0.39 is 0 Å². The number of hydrogen-bond donors (Lipinski definition) is 2. The predicted molar refractivity (Wildman–Crippen MR) is 142 cm³/mol. The Bertz CT molecular complexity index is 1410. The molecule has 1 amide bonds. The molecule has 5 rings (SSSR count). The molecule has 0 spiro atoms. The van der Waals surface area contributed by atoms with Crippen molar-refractivity contribution in [3.8, 4) is 5.69 Å². The molecule has 2 N–H and O–H groups in total. The molecule has 6 nitrogen and oxygen atoms in total. The Morgan fingerprint density at radius 1 is 1.06 bits per heavy atom. The summed E-state index contributed by atoms with van der Waals surface area (Å²) in [6, 6.07) is 23.2. The first-order valence-electron chi connectivity index (χ1n) is 11.7. The van der Waals surface area contributed by atoms with Gasteiger partial charge < -0.3 is 20.1 Å². The lowest BCUT2D eigenvalue weighted by Crippen LogP contribution is -2.37. The second-order valence-electron chi connectivity index (χ2n) is 8.78. The van der Waals surface area contributed by atoms with Crippen LogP contribution in [0.3, 0.4) is 0 Å². The average molecular weight is 500 g/mol. The van der Waals surface area contributed by atoms with E-state index in [1.165, 1.54) is 6.07 Å². The van der Waals surface area contributed by atoms with E-state index in [0.29, 0.717) is 10.8 Å². The number of pyridine rings is 1. The van der Waals surface area contributed by atoms with Crippen LogP contribution in [0.25, 0.3) is 5.69 Å². The Labute approximate surface area is 214 Å². The Balaban J connectivity index is 1.55. The maximum atomic E-state index is 14.8. The highest BCUT2D eigenvalue weighted by atomic mass is 32.1. The summed E-state index contributed by atoms with van der Waals surface area (Å²) in [6.07, 6.45) is 1.74. The molecule has 1 aliphatic rings. The van der Waals surface area contributed by atoms with Crippen LogP contribution in [0.4, 0.5) is 10.1 Å². The summed E-state index contributed by atoms with van der Waals surface area (Å²) in [4.78, 5) is 19.5. The van der Waals surface area contributed by atoms with Crippen molar-refractivity contribution in [2.45, 2.75) is 25.9 Å². The quantitative estimate of drug-likeness (QED) is 0.355. The molecule has 2 atom stereocenters. The van der Waals surface area contributed by atoms with E-state index in [-0.39, 0.29) is 30.4 Å². The van der Waals surface area contributed by atoms with Gasteiger partial charge in [-0.15, -0.1) is 0 Å². The topological polar surface area (TPSA) is 62.2 Å². The van der Waals surface area contributed by atoms with Gasteiger partial charge in [-0.3, -0.25) is 9.78 Å². The van der Waals surface area contributed by atoms with Crippen LogP contribution in [0.1, 0.15) is 34.7 Å². The van der Waals surface area contributed by atoms with Crippen molar-refractivity contribution < 1.29 is 9.18 Å². The molecule has 3 heterocycles. The lowest BCUT2D eigenvalue weighted by molar-refractivity contribution is -0.116. The molecular formula is C28H26FN5OS. The van der Waals surface area contributed by atoms with Crippen molar-refractivity contribution in [3.05, 3.63) is 114 Å². The molecule has 8 heteroatoms. The number of amides is 1. The molecule has 36 heavy (non-hydrogen) atoms. The van der Waals surface area contributed by atoms with Gasteiger partial charge >= 0.3 is 0 Å². The number of benzene rings is 2. The van der Waals surface area contributed by atoms with Crippen LogP contribution in [-0.4, -0.2) is 32.0 Å². The number of nitrogens with zero attached hydrogens (tertiary/aromatic N) is 3. The molecule has 0 bridgehead atoms. The molecule has 182 valence electrons. The van der Waals surface area contributed by atoms with Gasteiger partial charge in [-0.05, 0) is 74.1 Å². The standard InChI is InChI=1S/C28H26FN5OS/c1-18-16-21(19(2)34(18)24-14-7-6-12-22(24)29)27-26(23-13-8-9-15-30-23)32-28(36)33(27)17-25(35)31-20-10-4-3-5-11-20/h3-16,26-27H,17H2,1-2H3,(H,31,35)(H,32,36)/t26-,27+/m1/s1. The van der Waals surface area contributed by atoms with Crippen molar-refractivity contribution in [2.75, 3.05) is 11.9 Å². The minimum absolute atomic E-state index is 0.0537. The zero-order valence-corrected chi connectivity index (χ0v) is 20.8. The van der Waals surface area contributed by atoms with Gasteiger partial charge in [0, 0.05) is 23.3 Å². The van der Waals surface area contributed by atoms with Crippen LogP contribution >= 0.6 is 12.2 Å². The average Bonchev–Trinajstić information content (AvgIpc) is 3.35. The summed E-state index contributed by atoms with van der Waals surface area (Å²) < 4.78 is 16.7. The highest BCUT2D eigenvalue weighted by Crippen LogP contribution is 2.41. The number of aromatic nitrogens is 2. The van der Waals surface area contributed by atoms with Crippen molar-refractivity contribution in [3.63, 3.8) is 0 Å². The Hall–Kier alpha value is -4.04. The second kappa shape index (κ2) is 9.91. The van der Waals surface area contributed by atoms with E-state index in [4.69, 9.17) is 12.2 Å². The van der Waals surface area contributed by atoms with Gasteiger partial charge in [0.05, 0.1) is 23.5 Å². The fourth-order valence-corrected chi connectivity index (χ4v) is 5.19. The Kier molecular flexibility index (Phi) is 6.52. The number of carbonyl (C=O) groups excluding carboxylic acids is 1. The van der Waals surface area contributed by atoms with Gasteiger partial charge in [-0.2, -0.15) is 0 Å². The first-order valence-corrected chi connectivity index (χ1v) is 12.1. The third-order valence-electron chi connectivity index (χ3n) is 6.45. The van der Waals surface area contributed by atoms with Gasteiger partial charge in [0.1, 0.15) is 12.4 Å². The van der Waals surface area contributed by atoms with E-state index in [1.54, 1.807) is 18.3 Å². The summed E-state index contributed by atoms with van der Waals surface area (Å²) in [6.45, 7) is 3.97. The van der Waals surface area contributed by atoms with E-state index in [9.17, 15) is 9.18 Å². The third-order valence-corrected chi connectivity index (χ3v) is 6.80. The summed E-state index contributed by atoms with van der Waals surface area (Å²) in [7, 11) is 0. The zero-order valence-electron chi connectivity index (χ0n) is 20.0. The number of rotatable bonds is 6. The number of para-hydroxylation sites is 2. The number of aryl methyl sites for hydroxylation is 1. The first kappa shape index (κ1) is 23.7. The van der Waals surface area contributed by atoms with E-state index in [1.807, 2.05) is 84.0 Å². The SMILES string of the molecule is Cc1cc([C@H]2[C@@H](c3ccccn3)NC(=S)N2CC(=O)Nc2ccccc2)c(C)n1-c1ccccc1F. The first-order chi connectivity index (χ1) is 17.4. The van der Waals surface area contributed by atoms with Gasteiger partial charge in [0.15, 0.2) is 5.11 Å². The second-order valence-corrected chi connectivity index (χ2v) is 9.17. The molecule has 2 aromatic heterocycles. The van der Waals surface area contributed by atoms with Crippen molar-refractivity contribution >= 4 is 28.9 Å². The van der Waals surface area contributed by atoms with Crippen LogP contribution in [-0.2, 0) is 4.79 Å². The van der Waals surface area contributed by atoms with Crippen LogP contribution in [0.15, 0.2) is 85.1 Å². The Morgan fingerprint density at radius 3 is 2.50 bits per heavy atom. The monoisotopic (exact) mass is 499 g/mol. The number of halogens is 1. The third kappa shape index (κ3) is 4.47. The highest BCUT2D eigenvalue weighted by molar-refractivity contribution is 7.80. The molecule has 1 saturated heterocycles. The lowest BCUT2D eigenvalue weighted by Gasteiger charge is -2.27.